The van der Waals surface area contributed by atoms with Gasteiger partial charge in [0.05, 0.1) is 0 Å². The molecule has 1 saturated heterocycles. The van der Waals surface area contributed by atoms with E-state index in [1.807, 2.05) is 24.5 Å². The Morgan fingerprint density at radius 1 is 1.42 bits per heavy atom. The van der Waals surface area contributed by atoms with Crippen LogP contribution in [0.3, 0.4) is 0 Å². The van der Waals surface area contributed by atoms with Crippen LogP contribution in [-0.2, 0) is 0 Å². The predicted octanol–water partition coefficient (Wildman–Crippen LogP) is 0.619. The summed E-state index contributed by atoms with van der Waals surface area (Å²) in [4.78, 5) is 6.28. The molecule has 12 heavy (non-hydrogen) atoms. The molecule has 0 bridgehead atoms. The number of nitrogens with zero attached hydrogens (tertiary/aromatic N) is 2. The van der Waals surface area contributed by atoms with E-state index in [0.717, 1.165) is 19.5 Å². The molecule has 1 fully saturated rings. The number of anilines is 1. The third-order valence-corrected chi connectivity index (χ3v) is 2.25. The molecule has 0 spiro atoms. The molecule has 0 aliphatic carbocycles. The van der Waals surface area contributed by atoms with E-state index in [4.69, 9.17) is 5.73 Å². The van der Waals surface area contributed by atoms with Crippen molar-refractivity contribution in [2.75, 3.05) is 18.0 Å². The standard InChI is InChI=1S/C9H13N3/c10-8-3-6-12(7-8)9-1-4-11-5-2-9/h1-2,4-5,8H,3,6-7,10H2/t8-/m0/s1. The lowest BCUT2D eigenvalue weighted by molar-refractivity contribution is 0.752. The highest BCUT2D eigenvalue weighted by Crippen LogP contribution is 2.17. The maximum atomic E-state index is 5.81. The Morgan fingerprint density at radius 3 is 2.75 bits per heavy atom. The van der Waals surface area contributed by atoms with Crippen LogP contribution in [-0.4, -0.2) is 24.1 Å². The van der Waals surface area contributed by atoms with Crippen LogP contribution in [0, 0.1) is 0 Å². The van der Waals surface area contributed by atoms with Gasteiger partial charge in [0.15, 0.2) is 0 Å². The first-order valence-electron chi connectivity index (χ1n) is 4.27. The molecule has 0 saturated carbocycles. The molecular weight excluding hydrogens is 150 g/mol. The molecule has 1 aliphatic heterocycles. The molecule has 2 N–H and O–H groups in total. The molecule has 1 aliphatic rings. The van der Waals surface area contributed by atoms with Crippen LogP contribution in [0.5, 0.6) is 0 Å². The fourth-order valence-corrected chi connectivity index (χ4v) is 1.58. The van der Waals surface area contributed by atoms with Crippen molar-refractivity contribution in [3.8, 4) is 0 Å². The molecule has 0 aromatic carbocycles. The first-order valence-corrected chi connectivity index (χ1v) is 4.27. The second-order valence-electron chi connectivity index (χ2n) is 3.20. The summed E-state index contributed by atoms with van der Waals surface area (Å²) in [6.45, 7) is 2.05. The Morgan fingerprint density at radius 2 is 2.17 bits per heavy atom. The molecular formula is C9H13N3. The summed E-state index contributed by atoms with van der Waals surface area (Å²) in [5.41, 5.74) is 7.04. The molecule has 3 nitrogen and oxygen atoms in total. The van der Waals surface area contributed by atoms with Gasteiger partial charge in [0.2, 0.25) is 0 Å². The van der Waals surface area contributed by atoms with Crippen LogP contribution in [0.2, 0.25) is 0 Å². The van der Waals surface area contributed by atoms with Gasteiger partial charge < -0.3 is 10.6 Å². The minimum atomic E-state index is 0.346. The largest absolute Gasteiger partial charge is 0.370 e. The first-order chi connectivity index (χ1) is 5.86. The topological polar surface area (TPSA) is 42.1 Å². The minimum absolute atomic E-state index is 0.346. The van der Waals surface area contributed by atoms with Gasteiger partial charge in [-0.25, -0.2) is 0 Å². The zero-order valence-corrected chi connectivity index (χ0v) is 6.98. The van der Waals surface area contributed by atoms with Crippen LogP contribution in [0.1, 0.15) is 6.42 Å². The van der Waals surface area contributed by atoms with Gasteiger partial charge in [-0.3, -0.25) is 4.98 Å². The zero-order valence-electron chi connectivity index (χ0n) is 6.98. The van der Waals surface area contributed by atoms with Gasteiger partial charge in [-0.2, -0.15) is 0 Å². The van der Waals surface area contributed by atoms with Crippen LogP contribution in [0.4, 0.5) is 5.69 Å². The Hall–Kier alpha value is -1.09. The van der Waals surface area contributed by atoms with Crippen molar-refractivity contribution in [2.45, 2.75) is 12.5 Å². The van der Waals surface area contributed by atoms with Crippen molar-refractivity contribution in [1.29, 1.82) is 0 Å². The van der Waals surface area contributed by atoms with Crippen LogP contribution in [0.25, 0.3) is 0 Å². The summed E-state index contributed by atoms with van der Waals surface area (Å²) >= 11 is 0. The lowest BCUT2D eigenvalue weighted by atomic mass is 10.3. The Bertz CT molecular complexity index is 247. The average Bonchev–Trinajstić information content (AvgIpc) is 2.54. The summed E-state index contributed by atoms with van der Waals surface area (Å²) in [5.74, 6) is 0. The summed E-state index contributed by atoms with van der Waals surface area (Å²) < 4.78 is 0. The molecule has 1 aromatic heterocycles. The second kappa shape index (κ2) is 3.11. The lowest BCUT2D eigenvalue weighted by Crippen LogP contribution is -2.26. The van der Waals surface area contributed by atoms with Crippen LogP contribution < -0.4 is 10.6 Å². The average molecular weight is 163 g/mol. The molecule has 2 heterocycles. The van der Waals surface area contributed by atoms with E-state index in [1.54, 1.807) is 0 Å². The van der Waals surface area contributed by atoms with Crippen molar-refractivity contribution >= 4 is 5.69 Å². The third kappa shape index (κ3) is 1.41. The molecule has 1 atom stereocenters. The number of aromatic nitrogens is 1. The smallest absolute Gasteiger partial charge is 0.0397 e. The number of rotatable bonds is 1. The van der Waals surface area contributed by atoms with Gasteiger partial charge in [0.25, 0.3) is 0 Å². The van der Waals surface area contributed by atoms with Crippen LogP contribution >= 0.6 is 0 Å². The van der Waals surface area contributed by atoms with E-state index in [2.05, 4.69) is 9.88 Å². The zero-order chi connectivity index (χ0) is 8.39. The Balaban J connectivity index is 2.11. The highest BCUT2D eigenvalue weighted by atomic mass is 15.2. The van der Waals surface area contributed by atoms with Gasteiger partial charge >= 0.3 is 0 Å². The van der Waals surface area contributed by atoms with Crippen molar-refractivity contribution in [3.05, 3.63) is 24.5 Å². The van der Waals surface area contributed by atoms with Gasteiger partial charge in [-0.15, -0.1) is 0 Å². The number of pyridine rings is 1. The Labute approximate surface area is 72.2 Å². The highest BCUT2D eigenvalue weighted by Gasteiger charge is 2.18. The lowest BCUT2D eigenvalue weighted by Gasteiger charge is -2.16. The van der Waals surface area contributed by atoms with E-state index < -0.39 is 0 Å². The van der Waals surface area contributed by atoms with Crippen molar-refractivity contribution in [2.24, 2.45) is 5.73 Å². The van der Waals surface area contributed by atoms with E-state index in [-0.39, 0.29) is 0 Å². The summed E-state index contributed by atoms with van der Waals surface area (Å²) in [6, 6.07) is 4.40. The number of nitrogens with two attached hydrogens (primary N) is 1. The maximum Gasteiger partial charge on any atom is 0.0397 e. The van der Waals surface area contributed by atoms with Crippen molar-refractivity contribution in [1.82, 2.24) is 4.98 Å². The predicted molar refractivity (Wildman–Crippen MR) is 49.0 cm³/mol. The SMILES string of the molecule is N[C@H]1CCN(c2ccncc2)C1. The molecule has 1 aromatic rings. The molecule has 3 heteroatoms. The molecule has 2 rings (SSSR count). The minimum Gasteiger partial charge on any atom is -0.370 e. The normalized spacial score (nSPS) is 23.1. The number of hydrogen-bond acceptors (Lipinski definition) is 3. The quantitative estimate of drug-likeness (QED) is 0.660. The van der Waals surface area contributed by atoms with E-state index in [1.165, 1.54) is 5.69 Å². The van der Waals surface area contributed by atoms with E-state index >= 15 is 0 Å². The van der Waals surface area contributed by atoms with Crippen molar-refractivity contribution in [3.63, 3.8) is 0 Å². The fourth-order valence-electron chi connectivity index (χ4n) is 1.58. The molecule has 64 valence electrons. The fraction of sp³-hybridized carbons (Fsp3) is 0.444. The van der Waals surface area contributed by atoms with Gasteiger partial charge in [-0.05, 0) is 18.6 Å². The van der Waals surface area contributed by atoms with Gasteiger partial charge in [0, 0.05) is 37.2 Å². The Kier molecular flexibility index (Phi) is 1.96. The van der Waals surface area contributed by atoms with Crippen molar-refractivity contribution < 1.29 is 0 Å². The first kappa shape index (κ1) is 7.55. The van der Waals surface area contributed by atoms with Crippen LogP contribution in [0.15, 0.2) is 24.5 Å². The monoisotopic (exact) mass is 163 g/mol. The molecule has 0 radical (unpaired) electrons. The number of hydrogen-bond donors (Lipinski definition) is 1. The second-order valence-corrected chi connectivity index (χ2v) is 3.20. The van der Waals surface area contributed by atoms with E-state index in [9.17, 15) is 0 Å². The van der Waals surface area contributed by atoms with Gasteiger partial charge in [-0.1, -0.05) is 0 Å². The summed E-state index contributed by atoms with van der Waals surface area (Å²) in [6.07, 6.45) is 4.74. The highest BCUT2D eigenvalue weighted by molar-refractivity contribution is 5.45. The maximum absolute atomic E-state index is 5.81. The van der Waals surface area contributed by atoms with E-state index in [0.29, 0.717) is 6.04 Å². The third-order valence-electron chi connectivity index (χ3n) is 2.25. The summed E-state index contributed by atoms with van der Waals surface area (Å²) in [5, 5.41) is 0. The summed E-state index contributed by atoms with van der Waals surface area (Å²) in [7, 11) is 0. The van der Waals surface area contributed by atoms with Gasteiger partial charge in [0.1, 0.15) is 0 Å². The molecule has 0 unspecified atom stereocenters. The molecule has 0 amide bonds.